The largest absolute Gasteiger partial charge is 0.354 e. The molecule has 0 saturated heterocycles. The second-order valence-electron chi connectivity index (χ2n) is 8.47. The Morgan fingerprint density at radius 1 is 1.05 bits per heavy atom. The number of aromatic amines is 1. The number of hydrogen-bond acceptors (Lipinski definition) is 4. The molecule has 0 fully saturated rings. The third kappa shape index (κ3) is 4.70. The maximum atomic E-state index is 14.0. The highest BCUT2D eigenvalue weighted by atomic mass is 35.5. The summed E-state index contributed by atoms with van der Waals surface area (Å²) in [4.78, 5) is 20.5. The Kier molecular flexibility index (Phi) is 6.70. The van der Waals surface area contributed by atoms with Gasteiger partial charge in [-0.3, -0.25) is 9.13 Å². The molecule has 0 radical (unpaired) electrons. The fourth-order valence-electron chi connectivity index (χ4n) is 4.40. The smallest absolute Gasteiger partial charge is 0.329 e. The zero-order valence-corrected chi connectivity index (χ0v) is 21.9. The lowest BCUT2D eigenvalue weighted by Gasteiger charge is -2.17. The number of imidazole rings is 1. The van der Waals surface area contributed by atoms with E-state index < -0.39 is 26.8 Å². The number of nitrogens with one attached hydrogen (secondary N) is 1. The van der Waals surface area contributed by atoms with Crippen molar-refractivity contribution in [1.82, 2.24) is 19.1 Å². The molecule has 3 aromatic heterocycles. The van der Waals surface area contributed by atoms with Gasteiger partial charge in [0.2, 0.25) is 15.8 Å². The highest BCUT2D eigenvalue weighted by Gasteiger charge is 2.34. The molecule has 7 nitrogen and oxygen atoms in total. The van der Waals surface area contributed by atoms with Crippen molar-refractivity contribution in [2.24, 2.45) is 0 Å². The fourth-order valence-corrected chi connectivity index (χ4v) is 6.58. The monoisotopic (exact) mass is 558 g/mol. The molecule has 0 amide bonds. The SMILES string of the molecule is CCn1c(Cc2ccc(Cl)cc2Cl)cn(C(c2cc3nc(F)ccc3[nH]2)S(=O)(=O)c2ccccc2)c1=O. The third-order valence-corrected chi connectivity index (χ3v) is 8.72. The number of benzene rings is 2. The van der Waals surface area contributed by atoms with Crippen LogP contribution in [-0.4, -0.2) is 27.5 Å². The van der Waals surface area contributed by atoms with Gasteiger partial charge < -0.3 is 4.98 Å². The Morgan fingerprint density at radius 2 is 1.81 bits per heavy atom. The lowest BCUT2D eigenvalue weighted by Crippen LogP contribution is -2.32. The third-order valence-electron chi connectivity index (χ3n) is 6.14. The number of fused-ring (bicyclic) bond motifs is 1. The van der Waals surface area contributed by atoms with E-state index in [1.807, 2.05) is 0 Å². The number of sulfone groups is 1. The molecule has 0 aliphatic heterocycles. The lowest BCUT2D eigenvalue weighted by molar-refractivity contribution is 0.555. The molecule has 11 heteroatoms. The topological polar surface area (TPSA) is 89.8 Å². The van der Waals surface area contributed by atoms with Crippen molar-refractivity contribution >= 4 is 44.1 Å². The van der Waals surface area contributed by atoms with Gasteiger partial charge >= 0.3 is 5.69 Å². The van der Waals surface area contributed by atoms with E-state index >= 15 is 0 Å². The van der Waals surface area contributed by atoms with Gasteiger partial charge in [-0.1, -0.05) is 47.5 Å². The van der Waals surface area contributed by atoms with Crippen LogP contribution in [0.3, 0.4) is 0 Å². The summed E-state index contributed by atoms with van der Waals surface area (Å²) < 4.78 is 44.4. The maximum absolute atomic E-state index is 14.0. The van der Waals surface area contributed by atoms with Crippen molar-refractivity contribution < 1.29 is 12.8 Å². The minimum Gasteiger partial charge on any atom is -0.354 e. The first kappa shape index (κ1) is 25.3. The van der Waals surface area contributed by atoms with Crippen LogP contribution < -0.4 is 5.69 Å². The normalized spacial score (nSPS) is 12.8. The number of rotatable bonds is 7. The molecular weight excluding hydrogens is 538 g/mol. The van der Waals surface area contributed by atoms with Crippen LogP contribution in [0.4, 0.5) is 4.39 Å². The average Bonchev–Trinajstić information content (AvgIpc) is 3.41. The summed E-state index contributed by atoms with van der Waals surface area (Å²) >= 11 is 12.4. The summed E-state index contributed by atoms with van der Waals surface area (Å²) in [5.41, 5.74) is 1.68. The van der Waals surface area contributed by atoms with Crippen molar-refractivity contribution in [2.75, 3.05) is 0 Å². The van der Waals surface area contributed by atoms with E-state index in [1.165, 1.54) is 45.7 Å². The first-order valence-electron chi connectivity index (χ1n) is 11.4. The molecular formula is C26H21Cl2FN4O3S. The summed E-state index contributed by atoms with van der Waals surface area (Å²) in [5.74, 6) is -0.697. The molecule has 0 aliphatic rings. The van der Waals surface area contributed by atoms with Crippen LogP contribution in [-0.2, 0) is 22.8 Å². The second kappa shape index (κ2) is 9.81. The lowest BCUT2D eigenvalue weighted by atomic mass is 10.1. The van der Waals surface area contributed by atoms with Crippen molar-refractivity contribution in [1.29, 1.82) is 0 Å². The zero-order valence-electron chi connectivity index (χ0n) is 19.5. The molecule has 0 spiro atoms. The van der Waals surface area contributed by atoms with E-state index in [4.69, 9.17) is 23.2 Å². The first-order valence-corrected chi connectivity index (χ1v) is 13.7. The molecule has 2 aromatic carbocycles. The number of hydrogen-bond donors (Lipinski definition) is 1. The number of aromatic nitrogens is 4. The Morgan fingerprint density at radius 3 is 2.51 bits per heavy atom. The van der Waals surface area contributed by atoms with E-state index in [2.05, 4.69) is 9.97 Å². The number of nitrogens with zero attached hydrogens (tertiary/aromatic N) is 3. The Hall–Kier alpha value is -3.40. The minimum absolute atomic E-state index is 0.0382. The van der Waals surface area contributed by atoms with Crippen molar-refractivity contribution in [2.45, 2.75) is 30.2 Å². The average molecular weight is 559 g/mol. The van der Waals surface area contributed by atoms with Gasteiger partial charge in [0.25, 0.3) is 0 Å². The van der Waals surface area contributed by atoms with Crippen LogP contribution in [0.1, 0.15) is 29.2 Å². The van der Waals surface area contributed by atoms with Gasteiger partial charge in [-0.25, -0.2) is 18.2 Å². The summed E-state index contributed by atoms with van der Waals surface area (Å²) in [5, 5.41) is -0.531. The molecule has 190 valence electrons. The summed E-state index contributed by atoms with van der Waals surface area (Å²) in [6, 6.07) is 17.1. The van der Waals surface area contributed by atoms with E-state index in [1.54, 1.807) is 43.3 Å². The number of H-pyrrole nitrogens is 1. The summed E-state index contributed by atoms with van der Waals surface area (Å²) in [7, 11) is -4.13. The molecule has 1 atom stereocenters. The van der Waals surface area contributed by atoms with Gasteiger partial charge in [-0.15, -0.1) is 0 Å². The molecule has 0 saturated carbocycles. The van der Waals surface area contributed by atoms with E-state index in [9.17, 15) is 17.6 Å². The van der Waals surface area contributed by atoms with Crippen LogP contribution in [0.2, 0.25) is 10.0 Å². The van der Waals surface area contributed by atoms with Crippen molar-refractivity contribution in [3.05, 3.63) is 116 Å². The number of pyridine rings is 1. The summed E-state index contributed by atoms with van der Waals surface area (Å²) in [6.07, 6.45) is 1.81. The Bertz CT molecular complexity index is 1780. The minimum atomic E-state index is -4.13. The molecule has 0 aliphatic carbocycles. The van der Waals surface area contributed by atoms with Crippen LogP contribution >= 0.6 is 23.2 Å². The molecule has 1 N–H and O–H groups in total. The highest BCUT2D eigenvalue weighted by Crippen LogP contribution is 2.32. The molecule has 5 aromatic rings. The van der Waals surface area contributed by atoms with Crippen LogP contribution in [0, 0.1) is 5.95 Å². The predicted molar refractivity (Wildman–Crippen MR) is 141 cm³/mol. The fraction of sp³-hybridized carbons (Fsp3) is 0.154. The van der Waals surface area contributed by atoms with Crippen molar-refractivity contribution in [3.8, 4) is 0 Å². The van der Waals surface area contributed by atoms with Gasteiger partial charge in [0.05, 0.1) is 21.6 Å². The van der Waals surface area contributed by atoms with Gasteiger partial charge in [0.15, 0.2) is 5.37 Å². The van der Waals surface area contributed by atoms with E-state index in [-0.39, 0.29) is 22.5 Å². The van der Waals surface area contributed by atoms with Gasteiger partial charge in [0.1, 0.15) is 0 Å². The van der Waals surface area contributed by atoms with E-state index in [0.29, 0.717) is 27.8 Å². The molecule has 3 heterocycles. The van der Waals surface area contributed by atoms with E-state index in [0.717, 1.165) is 5.56 Å². The Labute approximate surface area is 222 Å². The molecule has 37 heavy (non-hydrogen) atoms. The highest BCUT2D eigenvalue weighted by molar-refractivity contribution is 7.91. The predicted octanol–water partition coefficient (Wildman–Crippen LogP) is 5.60. The standard InChI is InChI=1S/C26H21Cl2FN4O3S/c1-2-32-18(12-16-8-9-17(27)13-20(16)28)15-33(26(32)34)25(37(35,36)19-6-4-3-5-7-19)23-14-22-21(30-23)10-11-24(29)31-22/h3-11,13-15,25,30H,2,12H2,1H3. The quantitative estimate of drug-likeness (QED) is 0.263. The van der Waals surface area contributed by atoms with Crippen LogP contribution in [0.25, 0.3) is 11.0 Å². The Balaban J connectivity index is 1.71. The zero-order chi connectivity index (χ0) is 26.3. The van der Waals surface area contributed by atoms with Crippen molar-refractivity contribution in [3.63, 3.8) is 0 Å². The van der Waals surface area contributed by atoms with Gasteiger partial charge in [-0.2, -0.15) is 4.39 Å². The maximum Gasteiger partial charge on any atom is 0.329 e. The first-order chi connectivity index (χ1) is 17.7. The number of halogens is 3. The van der Waals surface area contributed by atoms with Gasteiger partial charge in [0, 0.05) is 34.9 Å². The van der Waals surface area contributed by atoms with Crippen LogP contribution in [0.15, 0.2) is 82.6 Å². The molecule has 0 bridgehead atoms. The van der Waals surface area contributed by atoms with Gasteiger partial charge in [-0.05, 0) is 55.0 Å². The van der Waals surface area contributed by atoms with Crippen LogP contribution in [0.5, 0.6) is 0 Å². The molecule has 1 unspecified atom stereocenters. The summed E-state index contributed by atoms with van der Waals surface area (Å²) in [6.45, 7) is 2.11. The molecule has 5 rings (SSSR count). The second-order valence-corrected chi connectivity index (χ2v) is 11.3.